The molecule has 7 heteroatoms. The van der Waals surface area contributed by atoms with E-state index in [9.17, 15) is 4.79 Å². The van der Waals surface area contributed by atoms with Crippen LogP contribution in [0, 0.1) is 11.8 Å². The largest absolute Gasteiger partial charge is 0.366 e. The average Bonchev–Trinajstić information content (AvgIpc) is 3.44. The quantitative estimate of drug-likeness (QED) is 0.904. The van der Waals surface area contributed by atoms with Crippen molar-refractivity contribution >= 4 is 6.03 Å². The zero-order valence-corrected chi connectivity index (χ0v) is 12.9. The van der Waals surface area contributed by atoms with Gasteiger partial charge < -0.3 is 19.5 Å². The first-order valence-corrected chi connectivity index (χ1v) is 8.23. The number of nitrogens with one attached hydrogen (secondary N) is 1. The van der Waals surface area contributed by atoms with E-state index in [0.29, 0.717) is 37.6 Å². The first kappa shape index (κ1) is 14.0. The van der Waals surface area contributed by atoms with Gasteiger partial charge in [-0.2, -0.15) is 0 Å². The number of rotatable bonds is 4. The molecule has 2 amide bonds. The first-order chi connectivity index (χ1) is 10.7. The molecule has 1 saturated heterocycles. The Hall–Kier alpha value is -1.63. The van der Waals surface area contributed by atoms with Crippen LogP contribution in [0.3, 0.4) is 0 Å². The minimum Gasteiger partial charge on any atom is -0.366 e. The van der Waals surface area contributed by atoms with Crippen LogP contribution in [0.15, 0.2) is 6.33 Å². The summed E-state index contributed by atoms with van der Waals surface area (Å²) in [5.74, 6) is 2.21. The van der Waals surface area contributed by atoms with Gasteiger partial charge in [-0.1, -0.05) is 0 Å². The zero-order chi connectivity index (χ0) is 15.1. The second-order valence-corrected chi connectivity index (χ2v) is 6.76. The molecule has 0 unspecified atom stereocenters. The van der Waals surface area contributed by atoms with Crippen molar-refractivity contribution in [1.29, 1.82) is 0 Å². The summed E-state index contributed by atoms with van der Waals surface area (Å²) in [6.45, 7) is 1.73. The van der Waals surface area contributed by atoms with Crippen LogP contribution >= 0.6 is 0 Å². The average molecular weight is 305 g/mol. The van der Waals surface area contributed by atoms with Crippen molar-refractivity contribution in [2.24, 2.45) is 18.9 Å². The first-order valence-electron chi connectivity index (χ1n) is 8.23. The third-order valence-corrected chi connectivity index (χ3v) is 4.94. The number of hydrogen-bond acceptors (Lipinski definition) is 4. The monoisotopic (exact) mass is 305 g/mol. The van der Waals surface area contributed by atoms with E-state index < -0.39 is 0 Å². The van der Waals surface area contributed by atoms with Gasteiger partial charge in [0.2, 0.25) is 0 Å². The molecule has 1 atom stereocenters. The number of nitrogens with zero attached hydrogens (tertiary/aromatic N) is 4. The van der Waals surface area contributed by atoms with Gasteiger partial charge >= 0.3 is 6.03 Å². The van der Waals surface area contributed by atoms with Crippen molar-refractivity contribution in [2.75, 3.05) is 19.7 Å². The van der Waals surface area contributed by atoms with Crippen LogP contribution in [0.5, 0.6) is 0 Å². The number of morpholine rings is 1. The number of amides is 2. The molecular weight excluding hydrogens is 282 g/mol. The molecule has 4 rings (SSSR count). The highest BCUT2D eigenvalue weighted by Gasteiger charge is 2.43. The minimum absolute atomic E-state index is 0.0549. The van der Waals surface area contributed by atoms with Gasteiger partial charge in [-0.3, -0.25) is 0 Å². The lowest BCUT2D eigenvalue weighted by Crippen LogP contribution is -2.51. The maximum Gasteiger partial charge on any atom is 0.317 e. The lowest BCUT2D eigenvalue weighted by atomic mass is 10.1. The predicted octanol–water partition coefficient (Wildman–Crippen LogP) is 1.09. The van der Waals surface area contributed by atoms with Gasteiger partial charge in [0.25, 0.3) is 0 Å². The summed E-state index contributed by atoms with van der Waals surface area (Å²) in [6, 6.07) is 0.447. The van der Waals surface area contributed by atoms with E-state index >= 15 is 0 Å². The fourth-order valence-electron chi connectivity index (χ4n) is 3.34. The molecule has 1 N–H and O–H groups in total. The summed E-state index contributed by atoms with van der Waals surface area (Å²) in [5.41, 5.74) is 0. The Bertz CT molecular complexity index is 540. The SMILES string of the molecule is Cn1cnnc1[C@@H]1CN(C(=O)NC(C2CC2)C2CC2)CCO1. The standard InChI is InChI=1S/C15H23N5O2/c1-19-9-16-18-14(19)12-8-20(6-7-22-12)15(21)17-13(10-2-3-10)11-4-5-11/h9-13H,2-8H2,1H3,(H,17,21)/t12-/m0/s1. The van der Waals surface area contributed by atoms with E-state index in [-0.39, 0.29) is 12.1 Å². The number of carbonyl (C=O) groups is 1. The maximum atomic E-state index is 12.6. The Labute approximate surface area is 130 Å². The summed E-state index contributed by atoms with van der Waals surface area (Å²) in [5, 5.41) is 11.3. The molecule has 22 heavy (non-hydrogen) atoms. The Morgan fingerprint density at radius 3 is 2.68 bits per heavy atom. The molecule has 1 aromatic rings. The van der Waals surface area contributed by atoms with Gasteiger partial charge in [0.15, 0.2) is 5.82 Å². The molecule has 3 aliphatic rings. The summed E-state index contributed by atoms with van der Waals surface area (Å²) >= 11 is 0. The molecular formula is C15H23N5O2. The van der Waals surface area contributed by atoms with E-state index in [0.717, 1.165) is 5.82 Å². The van der Waals surface area contributed by atoms with E-state index in [1.165, 1.54) is 25.7 Å². The smallest absolute Gasteiger partial charge is 0.317 e. The Morgan fingerprint density at radius 1 is 1.36 bits per heavy atom. The highest BCUT2D eigenvalue weighted by atomic mass is 16.5. The van der Waals surface area contributed by atoms with E-state index in [1.807, 2.05) is 16.5 Å². The van der Waals surface area contributed by atoms with Gasteiger partial charge in [0.1, 0.15) is 12.4 Å². The van der Waals surface area contributed by atoms with Gasteiger partial charge in [0.05, 0.1) is 13.2 Å². The van der Waals surface area contributed by atoms with Gasteiger partial charge in [-0.25, -0.2) is 4.79 Å². The summed E-state index contributed by atoms with van der Waals surface area (Å²) in [6.07, 6.45) is 6.55. The van der Waals surface area contributed by atoms with Crippen molar-refractivity contribution in [2.45, 2.75) is 37.8 Å². The Balaban J connectivity index is 1.39. The van der Waals surface area contributed by atoms with Gasteiger partial charge in [0, 0.05) is 19.6 Å². The minimum atomic E-state index is -0.188. The van der Waals surface area contributed by atoms with E-state index in [1.54, 1.807) is 6.33 Å². The third kappa shape index (κ3) is 2.82. The number of urea groups is 1. The number of ether oxygens (including phenoxy) is 1. The molecule has 2 heterocycles. The number of aryl methyl sites for hydroxylation is 1. The highest BCUT2D eigenvalue weighted by molar-refractivity contribution is 5.74. The summed E-state index contributed by atoms with van der Waals surface area (Å²) < 4.78 is 7.61. The van der Waals surface area contributed by atoms with Crippen LogP contribution in [0.1, 0.15) is 37.6 Å². The molecule has 0 radical (unpaired) electrons. The van der Waals surface area contributed by atoms with Crippen LogP contribution in [0.25, 0.3) is 0 Å². The highest BCUT2D eigenvalue weighted by Crippen LogP contribution is 2.44. The fourth-order valence-corrected chi connectivity index (χ4v) is 3.34. The molecule has 1 aliphatic heterocycles. The lowest BCUT2D eigenvalue weighted by Gasteiger charge is -2.33. The van der Waals surface area contributed by atoms with E-state index in [4.69, 9.17) is 4.74 Å². The molecule has 2 aliphatic carbocycles. The maximum absolute atomic E-state index is 12.6. The van der Waals surface area contributed by atoms with Crippen LogP contribution < -0.4 is 5.32 Å². The predicted molar refractivity (Wildman–Crippen MR) is 79.0 cm³/mol. The molecule has 0 aromatic carbocycles. The molecule has 2 saturated carbocycles. The number of carbonyl (C=O) groups excluding carboxylic acids is 1. The second kappa shape index (κ2) is 5.53. The summed E-state index contributed by atoms with van der Waals surface area (Å²) in [7, 11) is 1.90. The molecule has 7 nitrogen and oxygen atoms in total. The zero-order valence-electron chi connectivity index (χ0n) is 12.9. The van der Waals surface area contributed by atoms with Crippen molar-refractivity contribution < 1.29 is 9.53 Å². The van der Waals surface area contributed by atoms with Gasteiger partial charge in [-0.05, 0) is 37.5 Å². The molecule has 1 aromatic heterocycles. The van der Waals surface area contributed by atoms with Crippen LogP contribution in [-0.4, -0.2) is 51.4 Å². The third-order valence-electron chi connectivity index (χ3n) is 4.94. The lowest BCUT2D eigenvalue weighted by molar-refractivity contribution is -0.0219. The number of hydrogen-bond donors (Lipinski definition) is 1. The topological polar surface area (TPSA) is 72.3 Å². The van der Waals surface area contributed by atoms with Gasteiger partial charge in [-0.15, -0.1) is 10.2 Å². The van der Waals surface area contributed by atoms with Crippen LogP contribution in [-0.2, 0) is 11.8 Å². The fraction of sp³-hybridized carbons (Fsp3) is 0.800. The van der Waals surface area contributed by atoms with Crippen molar-refractivity contribution in [3.8, 4) is 0 Å². The molecule has 3 fully saturated rings. The van der Waals surface area contributed by atoms with Crippen molar-refractivity contribution in [3.05, 3.63) is 12.2 Å². The Morgan fingerprint density at radius 2 is 2.09 bits per heavy atom. The van der Waals surface area contributed by atoms with Crippen LogP contribution in [0.2, 0.25) is 0 Å². The molecule has 120 valence electrons. The second-order valence-electron chi connectivity index (χ2n) is 6.76. The number of aromatic nitrogens is 3. The normalized spacial score (nSPS) is 25.5. The molecule has 0 spiro atoms. The van der Waals surface area contributed by atoms with E-state index in [2.05, 4.69) is 15.5 Å². The Kier molecular flexibility index (Phi) is 3.52. The van der Waals surface area contributed by atoms with Crippen molar-refractivity contribution in [3.63, 3.8) is 0 Å². The summed E-state index contributed by atoms with van der Waals surface area (Å²) in [4.78, 5) is 14.5. The molecule has 0 bridgehead atoms. The van der Waals surface area contributed by atoms with Crippen molar-refractivity contribution in [1.82, 2.24) is 25.0 Å². The van der Waals surface area contributed by atoms with Crippen LogP contribution in [0.4, 0.5) is 4.79 Å².